The number of carbonyl (C=O) groups excluding carboxylic acids is 1. The molecular weight excluding hydrogens is 633 g/mol. The summed E-state index contributed by atoms with van der Waals surface area (Å²) in [6, 6.07) is 31.6. The second kappa shape index (κ2) is 16.7. The van der Waals surface area contributed by atoms with E-state index in [1.54, 1.807) is 6.92 Å². The standard InChI is InChI=1S/C42H43BN5O3/c1-32(2)42(49)44-22-38-21-40(30-48(28-38)27-37-13-5-10-34(20-37)24-45-16-6-9-33(3)23-45)39-14-7-17-46(29-39)25-35-11-4-12-36(19-35)26-47-18-8-15-41(31-47)51-43-50/h4-21,23,28-31,43,50H,1,22,24-27H2,2-3H3/q+3/p+1. The van der Waals surface area contributed by atoms with Crippen molar-refractivity contribution >= 4 is 13.6 Å². The van der Waals surface area contributed by atoms with Gasteiger partial charge < -0.3 is 15.0 Å². The number of aryl methyl sites for hydroxylation is 1. The van der Waals surface area contributed by atoms with Gasteiger partial charge in [-0.1, -0.05) is 43.0 Å². The van der Waals surface area contributed by atoms with E-state index in [-0.39, 0.29) is 13.6 Å². The van der Waals surface area contributed by atoms with Crippen LogP contribution in [0.3, 0.4) is 0 Å². The lowest BCUT2D eigenvalue weighted by atomic mass is 10.1. The van der Waals surface area contributed by atoms with Crippen LogP contribution in [-0.2, 0) is 37.5 Å². The molecule has 1 amide bonds. The van der Waals surface area contributed by atoms with Crippen LogP contribution in [-0.4, -0.2) is 18.6 Å². The molecule has 0 saturated carbocycles. The first kappa shape index (κ1) is 34.9. The Morgan fingerprint density at radius 3 is 1.82 bits per heavy atom. The fraction of sp³-hybridized carbons (Fsp3) is 0.167. The number of aromatic nitrogens is 4. The molecule has 0 atom stereocenters. The molecule has 8 nitrogen and oxygen atoms in total. The molecule has 6 rings (SSSR count). The topological polar surface area (TPSA) is 74.1 Å². The van der Waals surface area contributed by atoms with E-state index in [1.807, 2.05) is 29.1 Å². The predicted molar refractivity (Wildman–Crippen MR) is 196 cm³/mol. The summed E-state index contributed by atoms with van der Waals surface area (Å²) in [6.07, 6.45) is 16.7. The van der Waals surface area contributed by atoms with Crippen LogP contribution in [0.15, 0.2) is 153 Å². The molecule has 51 heavy (non-hydrogen) atoms. The molecule has 0 saturated heterocycles. The van der Waals surface area contributed by atoms with E-state index in [2.05, 4.69) is 149 Å². The second-order valence-electron chi connectivity index (χ2n) is 13.0. The third-order valence-electron chi connectivity index (χ3n) is 8.52. The molecule has 0 radical (unpaired) electrons. The van der Waals surface area contributed by atoms with E-state index < -0.39 is 0 Å². The Kier molecular flexibility index (Phi) is 11.4. The largest absolute Gasteiger partial charge is 0.535 e. The van der Waals surface area contributed by atoms with Gasteiger partial charge in [-0.3, -0.25) is 4.79 Å². The summed E-state index contributed by atoms with van der Waals surface area (Å²) < 4.78 is 13.9. The molecule has 0 aliphatic rings. The predicted octanol–water partition coefficient (Wildman–Crippen LogP) is 3.84. The fourth-order valence-electron chi connectivity index (χ4n) is 6.18. The zero-order chi connectivity index (χ0) is 35.6. The monoisotopic (exact) mass is 677 g/mol. The SMILES string of the molecule is C=C(C)C(=O)NCc1cc(-c2ccc[n+](Cc3cccc(C[n+]4cccc(OBO)c4)c3)c2)c[n+](Cc2cccc(C[n+]3cccc(C)c3)c2)c1. The number of hydrogen-bond acceptors (Lipinski definition) is 3. The Balaban J connectivity index is 1.23. The first-order chi connectivity index (χ1) is 24.8. The van der Waals surface area contributed by atoms with Crippen molar-refractivity contribution in [3.05, 3.63) is 186 Å². The highest BCUT2D eigenvalue weighted by molar-refractivity contribution is 6.17. The maximum Gasteiger partial charge on any atom is 0.504 e. The van der Waals surface area contributed by atoms with E-state index in [0.29, 0.717) is 37.5 Å². The number of pyridine rings is 4. The van der Waals surface area contributed by atoms with Crippen LogP contribution in [0.4, 0.5) is 0 Å². The van der Waals surface area contributed by atoms with Crippen LogP contribution < -0.4 is 28.2 Å². The molecule has 6 aromatic rings. The van der Waals surface area contributed by atoms with Crippen LogP contribution in [0.1, 0.15) is 40.3 Å². The lowest BCUT2D eigenvalue weighted by Crippen LogP contribution is -2.36. The number of nitrogens with zero attached hydrogens (tertiary/aromatic N) is 4. The highest BCUT2D eigenvalue weighted by Gasteiger charge is 2.16. The van der Waals surface area contributed by atoms with Gasteiger partial charge in [0.05, 0.1) is 11.1 Å². The van der Waals surface area contributed by atoms with Crippen molar-refractivity contribution in [2.24, 2.45) is 0 Å². The Morgan fingerprint density at radius 1 is 0.667 bits per heavy atom. The smallest absolute Gasteiger partial charge is 0.504 e. The van der Waals surface area contributed by atoms with E-state index in [1.165, 1.54) is 27.8 Å². The van der Waals surface area contributed by atoms with Crippen molar-refractivity contribution in [1.82, 2.24) is 5.32 Å². The van der Waals surface area contributed by atoms with Gasteiger partial charge in [-0.2, -0.15) is 9.13 Å². The van der Waals surface area contributed by atoms with Gasteiger partial charge >= 0.3 is 7.69 Å². The number of amides is 1. The highest BCUT2D eigenvalue weighted by Crippen LogP contribution is 2.18. The number of benzene rings is 2. The number of carbonyl (C=O) groups is 1. The molecule has 0 aliphatic heterocycles. The Labute approximate surface area is 300 Å². The minimum atomic E-state index is -0.353. The summed E-state index contributed by atoms with van der Waals surface area (Å²) in [7, 11) is -0.353. The Hall–Kier alpha value is -5.93. The van der Waals surface area contributed by atoms with E-state index in [9.17, 15) is 4.79 Å². The highest BCUT2D eigenvalue weighted by atomic mass is 16.5. The van der Waals surface area contributed by atoms with Crippen molar-refractivity contribution < 1.29 is 32.7 Å². The van der Waals surface area contributed by atoms with Crippen molar-refractivity contribution in [3.63, 3.8) is 0 Å². The lowest BCUT2D eigenvalue weighted by molar-refractivity contribution is -0.690. The van der Waals surface area contributed by atoms with Crippen LogP contribution >= 0.6 is 0 Å². The van der Waals surface area contributed by atoms with Crippen molar-refractivity contribution in [3.8, 4) is 16.9 Å². The van der Waals surface area contributed by atoms with Gasteiger partial charge in [0.2, 0.25) is 12.1 Å². The second-order valence-corrected chi connectivity index (χ2v) is 13.0. The Bertz CT molecular complexity index is 2170. The average Bonchev–Trinajstić information content (AvgIpc) is 3.11. The zero-order valence-electron chi connectivity index (χ0n) is 29.3. The summed E-state index contributed by atoms with van der Waals surface area (Å²) in [6.45, 7) is 10.9. The normalized spacial score (nSPS) is 10.8. The Morgan fingerprint density at radius 2 is 1.22 bits per heavy atom. The van der Waals surface area contributed by atoms with Crippen LogP contribution in [0.5, 0.6) is 5.75 Å². The molecular formula is C42H44BN5O3+4. The first-order valence-electron chi connectivity index (χ1n) is 17.1. The van der Waals surface area contributed by atoms with Crippen molar-refractivity contribution in [1.29, 1.82) is 0 Å². The maximum atomic E-state index is 12.4. The summed E-state index contributed by atoms with van der Waals surface area (Å²) in [5.41, 5.74) is 9.66. The minimum Gasteiger partial charge on any atom is -0.535 e. The third kappa shape index (κ3) is 10.1. The lowest BCUT2D eigenvalue weighted by Gasteiger charge is -2.08. The molecule has 2 N–H and O–H groups in total. The van der Waals surface area contributed by atoms with Gasteiger partial charge in [0.25, 0.3) is 0 Å². The summed E-state index contributed by atoms with van der Waals surface area (Å²) in [5.74, 6) is 0.468. The van der Waals surface area contributed by atoms with E-state index in [0.717, 1.165) is 23.2 Å². The molecule has 254 valence electrons. The van der Waals surface area contributed by atoms with Gasteiger partial charge in [0.15, 0.2) is 75.3 Å². The fourth-order valence-corrected chi connectivity index (χ4v) is 6.18. The molecule has 0 bridgehead atoms. The zero-order valence-corrected chi connectivity index (χ0v) is 29.3. The molecule has 0 aliphatic carbocycles. The van der Waals surface area contributed by atoms with Crippen LogP contribution in [0.25, 0.3) is 11.1 Å². The molecule has 0 fully saturated rings. The minimum absolute atomic E-state index is 0.155. The first-order valence-corrected chi connectivity index (χ1v) is 17.1. The molecule has 0 unspecified atom stereocenters. The molecule has 9 heteroatoms. The molecule has 0 spiro atoms. The van der Waals surface area contributed by atoms with Gasteiger partial charge in [-0.05, 0) is 50.2 Å². The average molecular weight is 678 g/mol. The van der Waals surface area contributed by atoms with Crippen LogP contribution in [0.2, 0.25) is 0 Å². The summed E-state index contributed by atoms with van der Waals surface area (Å²) in [4.78, 5) is 12.4. The third-order valence-corrected chi connectivity index (χ3v) is 8.52. The van der Waals surface area contributed by atoms with Gasteiger partial charge in [0, 0.05) is 63.7 Å². The van der Waals surface area contributed by atoms with Crippen molar-refractivity contribution in [2.45, 2.75) is 46.6 Å². The number of nitrogens with one attached hydrogen (secondary N) is 1. The van der Waals surface area contributed by atoms with E-state index in [4.69, 9.17) is 9.68 Å². The number of rotatable bonds is 14. The molecule has 2 aromatic carbocycles. The van der Waals surface area contributed by atoms with Crippen molar-refractivity contribution in [2.75, 3.05) is 0 Å². The molecule has 4 heterocycles. The van der Waals surface area contributed by atoms with Gasteiger partial charge in [-0.25, -0.2) is 9.13 Å². The van der Waals surface area contributed by atoms with Crippen LogP contribution in [0, 0.1) is 6.92 Å². The number of hydrogen-bond donors (Lipinski definition) is 2. The summed E-state index contributed by atoms with van der Waals surface area (Å²) in [5, 5.41) is 12.1. The summed E-state index contributed by atoms with van der Waals surface area (Å²) >= 11 is 0. The maximum absolute atomic E-state index is 12.4. The quantitative estimate of drug-likeness (QED) is 0.105. The van der Waals surface area contributed by atoms with E-state index >= 15 is 0 Å². The molecule has 4 aromatic heterocycles. The van der Waals surface area contributed by atoms with Gasteiger partial charge in [0.1, 0.15) is 0 Å². The van der Waals surface area contributed by atoms with Gasteiger partial charge in [-0.15, -0.1) is 0 Å².